The molecule has 0 fully saturated rings. The number of nitrogens with one attached hydrogen (secondary N) is 1. The molecule has 0 radical (unpaired) electrons. The minimum Gasteiger partial charge on any atom is -0.455 e. The fourth-order valence-electron chi connectivity index (χ4n) is 2.24. The van der Waals surface area contributed by atoms with Crippen LogP contribution >= 0.6 is 11.6 Å². The first-order valence-electron chi connectivity index (χ1n) is 7.66. The smallest absolute Gasteiger partial charge is 0.287 e. The summed E-state index contributed by atoms with van der Waals surface area (Å²) in [4.78, 5) is 12.8. The van der Waals surface area contributed by atoms with E-state index in [4.69, 9.17) is 16.0 Å². The Hall–Kier alpha value is -2.37. The van der Waals surface area contributed by atoms with E-state index in [-0.39, 0.29) is 17.4 Å². The number of carbonyl (C=O) groups is 1. The zero-order chi connectivity index (χ0) is 17.6. The fourth-order valence-corrected chi connectivity index (χ4v) is 3.39. The van der Waals surface area contributed by atoms with Crippen molar-refractivity contribution in [2.45, 2.75) is 17.2 Å². The van der Waals surface area contributed by atoms with Crippen molar-refractivity contribution in [3.8, 4) is 0 Å². The van der Waals surface area contributed by atoms with E-state index < -0.39 is 10.8 Å². The standard InChI is InChI=1S/C19H16ClNO3S/c20-15-6-9-17(10-7-15)25(23)13-16-8-11-18(24-16)19(22)21-12-14-4-2-1-3-5-14/h1-11H,12-13H2,(H,21,22)/t25-/m1/s1. The molecule has 4 nitrogen and oxygen atoms in total. The molecule has 0 aliphatic carbocycles. The molecule has 0 unspecified atom stereocenters. The molecule has 0 saturated carbocycles. The van der Waals surface area contributed by atoms with E-state index >= 15 is 0 Å². The molecule has 1 heterocycles. The third-order valence-corrected chi connectivity index (χ3v) is 5.13. The van der Waals surface area contributed by atoms with Crippen LogP contribution in [0.25, 0.3) is 0 Å². The van der Waals surface area contributed by atoms with E-state index in [1.807, 2.05) is 30.3 Å². The van der Waals surface area contributed by atoms with Crippen LogP contribution in [-0.4, -0.2) is 10.1 Å². The van der Waals surface area contributed by atoms with Crippen LogP contribution in [0.4, 0.5) is 0 Å². The van der Waals surface area contributed by atoms with Gasteiger partial charge in [0.05, 0.1) is 16.6 Å². The molecule has 0 aliphatic heterocycles. The number of carbonyl (C=O) groups excluding carboxylic acids is 1. The second kappa shape index (κ2) is 8.14. The van der Waals surface area contributed by atoms with E-state index in [2.05, 4.69) is 5.32 Å². The fraction of sp³-hybridized carbons (Fsp3) is 0.105. The summed E-state index contributed by atoms with van der Waals surface area (Å²) in [6.45, 7) is 0.423. The number of hydrogen-bond acceptors (Lipinski definition) is 3. The van der Waals surface area contributed by atoms with Gasteiger partial charge in [-0.05, 0) is 42.0 Å². The zero-order valence-electron chi connectivity index (χ0n) is 13.3. The first-order chi connectivity index (χ1) is 12.1. The van der Waals surface area contributed by atoms with Crippen LogP contribution in [0.5, 0.6) is 0 Å². The molecule has 1 amide bonds. The Labute approximate surface area is 153 Å². The van der Waals surface area contributed by atoms with Gasteiger partial charge in [-0.25, -0.2) is 0 Å². The Bertz CT molecular complexity index is 875. The highest BCUT2D eigenvalue weighted by molar-refractivity contribution is 7.84. The maximum atomic E-state index is 12.3. The third kappa shape index (κ3) is 4.81. The van der Waals surface area contributed by atoms with E-state index in [0.29, 0.717) is 22.2 Å². The largest absolute Gasteiger partial charge is 0.455 e. The molecule has 3 rings (SSSR count). The van der Waals surface area contributed by atoms with Crippen molar-refractivity contribution in [1.82, 2.24) is 5.32 Å². The molecule has 0 aliphatic rings. The summed E-state index contributed by atoms with van der Waals surface area (Å²) >= 11 is 5.83. The van der Waals surface area contributed by atoms with Gasteiger partial charge in [-0.1, -0.05) is 41.9 Å². The third-order valence-electron chi connectivity index (χ3n) is 3.53. The van der Waals surface area contributed by atoms with Gasteiger partial charge in [0.15, 0.2) is 5.76 Å². The van der Waals surface area contributed by atoms with Crippen LogP contribution in [0.2, 0.25) is 5.02 Å². The highest BCUT2D eigenvalue weighted by Crippen LogP contribution is 2.17. The van der Waals surface area contributed by atoms with Crippen LogP contribution in [0, 0.1) is 0 Å². The predicted octanol–water partition coefficient (Wildman–Crippen LogP) is 4.17. The molecule has 6 heteroatoms. The van der Waals surface area contributed by atoms with Crippen molar-refractivity contribution in [1.29, 1.82) is 0 Å². The first kappa shape index (κ1) is 17.5. The minimum atomic E-state index is -1.26. The van der Waals surface area contributed by atoms with Crippen LogP contribution in [-0.2, 0) is 23.1 Å². The second-order valence-electron chi connectivity index (χ2n) is 5.38. The van der Waals surface area contributed by atoms with Gasteiger partial charge in [-0.2, -0.15) is 0 Å². The quantitative estimate of drug-likeness (QED) is 0.705. The van der Waals surface area contributed by atoms with E-state index in [0.717, 1.165) is 5.56 Å². The number of benzene rings is 2. The van der Waals surface area contributed by atoms with Gasteiger partial charge >= 0.3 is 0 Å². The SMILES string of the molecule is O=C(NCc1ccccc1)c1ccc(C[S@@](=O)c2ccc(Cl)cc2)o1. The molecular formula is C19H16ClNO3S. The molecule has 128 valence electrons. The average Bonchev–Trinajstić information content (AvgIpc) is 3.09. The number of furan rings is 1. The number of hydrogen-bond donors (Lipinski definition) is 1. The van der Waals surface area contributed by atoms with Gasteiger partial charge in [0, 0.05) is 16.5 Å². The summed E-state index contributed by atoms with van der Waals surface area (Å²) in [5.41, 5.74) is 1.01. The van der Waals surface area contributed by atoms with Crippen molar-refractivity contribution in [2.75, 3.05) is 0 Å². The summed E-state index contributed by atoms with van der Waals surface area (Å²) in [6.07, 6.45) is 0. The van der Waals surface area contributed by atoms with E-state index in [9.17, 15) is 9.00 Å². The van der Waals surface area contributed by atoms with Crippen LogP contribution in [0.1, 0.15) is 21.9 Å². The lowest BCUT2D eigenvalue weighted by Crippen LogP contribution is -2.22. The number of rotatable bonds is 6. The summed E-state index contributed by atoms with van der Waals surface area (Å²) in [6, 6.07) is 19.7. The molecule has 3 aromatic rings. The van der Waals surface area contributed by atoms with Crippen molar-refractivity contribution >= 4 is 28.3 Å². The zero-order valence-corrected chi connectivity index (χ0v) is 14.8. The molecule has 1 aromatic heterocycles. The highest BCUT2D eigenvalue weighted by atomic mass is 35.5. The summed E-state index contributed by atoms with van der Waals surface area (Å²) in [5, 5.41) is 3.39. The Morgan fingerprint density at radius 2 is 1.72 bits per heavy atom. The Morgan fingerprint density at radius 1 is 1.00 bits per heavy atom. The van der Waals surface area contributed by atoms with Gasteiger partial charge in [0.1, 0.15) is 5.76 Å². The lowest BCUT2D eigenvalue weighted by Gasteiger charge is -2.03. The maximum absolute atomic E-state index is 12.3. The van der Waals surface area contributed by atoms with Crippen molar-refractivity contribution < 1.29 is 13.4 Å². The van der Waals surface area contributed by atoms with Crippen LogP contribution in [0.3, 0.4) is 0 Å². The molecule has 0 bridgehead atoms. The first-order valence-corrected chi connectivity index (χ1v) is 9.36. The number of halogens is 1. The normalized spacial score (nSPS) is 11.9. The average molecular weight is 374 g/mol. The molecule has 1 atom stereocenters. The van der Waals surface area contributed by atoms with Crippen LogP contribution < -0.4 is 5.32 Å². The molecular weight excluding hydrogens is 358 g/mol. The minimum absolute atomic E-state index is 0.202. The van der Waals surface area contributed by atoms with Gasteiger partial charge < -0.3 is 9.73 Å². The second-order valence-corrected chi connectivity index (χ2v) is 7.27. The molecule has 0 spiro atoms. The van der Waals surface area contributed by atoms with Crippen LogP contribution in [0.15, 0.2) is 76.0 Å². The Kier molecular flexibility index (Phi) is 5.68. The lowest BCUT2D eigenvalue weighted by atomic mass is 10.2. The Balaban J connectivity index is 1.59. The van der Waals surface area contributed by atoms with Crippen molar-refractivity contribution in [3.05, 3.63) is 88.8 Å². The van der Waals surface area contributed by atoms with Gasteiger partial charge in [-0.15, -0.1) is 0 Å². The highest BCUT2D eigenvalue weighted by Gasteiger charge is 2.13. The van der Waals surface area contributed by atoms with Gasteiger partial charge in [0.25, 0.3) is 5.91 Å². The summed E-state index contributed by atoms with van der Waals surface area (Å²) in [7, 11) is -1.26. The molecule has 25 heavy (non-hydrogen) atoms. The van der Waals surface area contributed by atoms with E-state index in [1.165, 1.54) is 0 Å². The van der Waals surface area contributed by atoms with Gasteiger partial charge in [-0.3, -0.25) is 9.00 Å². The monoisotopic (exact) mass is 373 g/mol. The van der Waals surface area contributed by atoms with Crippen molar-refractivity contribution in [3.63, 3.8) is 0 Å². The van der Waals surface area contributed by atoms with E-state index in [1.54, 1.807) is 36.4 Å². The van der Waals surface area contributed by atoms with Crippen molar-refractivity contribution in [2.24, 2.45) is 0 Å². The Morgan fingerprint density at radius 3 is 2.44 bits per heavy atom. The lowest BCUT2D eigenvalue weighted by molar-refractivity contribution is 0.0921. The predicted molar refractivity (Wildman–Crippen MR) is 97.9 cm³/mol. The van der Waals surface area contributed by atoms with Gasteiger partial charge in [0.2, 0.25) is 0 Å². The molecule has 0 saturated heterocycles. The molecule has 2 aromatic carbocycles. The topological polar surface area (TPSA) is 59.3 Å². The number of amides is 1. The maximum Gasteiger partial charge on any atom is 0.287 e. The summed E-state index contributed by atoms with van der Waals surface area (Å²) in [5.74, 6) is 0.609. The summed E-state index contributed by atoms with van der Waals surface area (Å²) < 4.78 is 17.8. The molecule has 1 N–H and O–H groups in total.